The van der Waals surface area contributed by atoms with Crippen molar-refractivity contribution in [2.45, 2.75) is 58.8 Å². The molecule has 1 N–H and O–H groups in total. The highest BCUT2D eigenvalue weighted by molar-refractivity contribution is 6.03. The van der Waals surface area contributed by atoms with Crippen molar-refractivity contribution < 1.29 is 14.3 Å². The smallest absolute Gasteiger partial charge is 0.251 e. The number of rotatable bonds is 12. The van der Waals surface area contributed by atoms with Crippen LogP contribution in [0.3, 0.4) is 0 Å². The highest BCUT2D eigenvalue weighted by atomic mass is 16.5. The molecule has 5 nitrogen and oxygen atoms in total. The number of pyridine rings is 1. The van der Waals surface area contributed by atoms with Crippen molar-refractivity contribution in [3.05, 3.63) is 94.7 Å². The van der Waals surface area contributed by atoms with Crippen molar-refractivity contribution in [1.29, 1.82) is 0 Å². The second-order valence-electron chi connectivity index (χ2n) is 10.9. The highest BCUT2D eigenvalue weighted by Crippen LogP contribution is 2.38. The molecular weight excluding hydrogens is 496 g/mol. The van der Waals surface area contributed by atoms with Gasteiger partial charge < -0.3 is 10.1 Å². The average Bonchev–Trinajstić information content (AvgIpc) is 3.79. The molecule has 3 aromatic carbocycles. The lowest BCUT2D eigenvalue weighted by Crippen LogP contribution is -2.25. The highest BCUT2D eigenvalue weighted by Gasteiger charge is 2.27. The molecule has 1 aliphatic rings. The van der Waals surface area contributed by atoms with Gasteiger partial charge in [0.05, 0.1) is 12.6 Å². The van der Waals surface area contributed by atoms with Gasteiger partial charge in [-0.05, 0) is 79.3 Å². The van der Waals surface area contributed by atoms with Gasteiger partial charge in [0.1, 0.15) is 5.75 Å². The number of benzene rings is 3. The zero-order valence-electron chi connectivity index (χ0n) is 23.8. The first-order valence-corrected chi connectivity index (χ1v) is 14.4. The van der Waals surface area contributed by atoms with E-state index in [0.717, 1.165) is 77.2 Å². The summed E-state index contributed by atoms with van der Waals surface area (Å²) in [5, 5.41) is 3.99. The molecule has 5 rings (SSSR count). The van der Waals surface area contributed by atoms with E-state index in [1.165, 1.54) is 5.56 Å². The molecular formula is C35H38N2O3. The molecule has 5 heteroatoms. The van der Waals surface area contributed by atoms with Crippen LogP contribution in [0.25, 0.3) is 22.0 Å². The van der Waals surface area contributed by atoms with Gasteiger partial charge in [0, 0.05) is 47.3 Å². The molecule has 1 saturated carbocycles. The van der Waals surface area contributed by atoms with Crippen LogP contribution in [0.1, 0.15) is 76.4 Å². The second kappa shape index (κ2) is 12.5. The number of aromatic nitrogens is 1. The lowest BCUT2D eigenvalue weighted by atomic mass is 9.91. The van der Waals surface area contributed by atoms with Crippen LogP contribution in [-0.2, 0) is 12.8 Å². The Kier molecular flexibility index (Phi) is 8.59. The van der Waals surface area contributed by atoms with Crippen LogP contribution in [0.4, 0.5) is 0 Å². The fraction of sp³-hybridized carbons (Fsp3) is 0.343. The standard InChI is InChI=1S/C35H38N2O3/c1-4-5-17-36-35(39)27-16-14-26(18-23(27)2)29-20-30-28(15-13-24-9-7-6-8-10-24)31(33(38)19-25-11-12-25)22-37-32(30)21-34(29)40-3/h6-10,14,16,18,20-22,25H,4-5,11-13,15,17,19H2,1-3H3,(H,36,39). The van der Waals surface area contributed by atoms with Gasteiger partial charge in [0.2, 0.25) is 0 Å². The molecule has 1 aromatic heterocycles. The number of methoxy groups -OCH3 is 1. The number of nitrogens with one attached hydrogen (secondary N) is 1. The lowest BCUT2D eigenvalue weighted by molar-refractivity contribution is 0.0950. The number of ether oxygens (including phenoxy) is 1. The maximum Gasteiger partial charge on any atom is 0.251 e. The van der Waals surface area contributed by atoms with Gasteiger partial charge in [-0.2, -0.15) is 0 Å². The fourth-order valence-corrected chi connectivity index (χ4v) is 5.35. The van der Waals surface area contributed by atoms with Crippen molar-refractivity contribution in [2.24, 2.45) is 5.92 Å². The molecule has 4 aromatic rings. The van der Waals surface area contributed by atoms with E-state index in [9.17, 15) is 9.59 Å². The van der Waals surface area contributed by atoms with Crippen LogP contribution in [0.2, 0.25) is 0 Å². The van der Waals surface area contributed by atoms with Crippen LogP contribution in [0.15, 0.2) is 66.9 Å². The second-order valence-corrected chi connectivity index (χ2v) is 10.9. The first-order chi connectivity index (χ1) is 19.5. The first-order valence-electron chi connectivity index (χ1n) is 14.4. The third-order valence-corrected chi connectivity index (χ3v) is 7.88. The Bertz CT molecular complexity index is 1520. The quantitative estimate of drug-likeness (QED) is 0.151. The summed E-state index contributed by atoms with van der Waals surface area (Å²) in [5.41, 5.74) is 7.31. The van der Waals surface area contributed by atoms with Gasteiger partial charge in [0.25, 0.3) is 5.91 Å². The van der Waals surface area contributed by atoms with E-state index in [4.69, 9.17) is 9.72 Å². The number of Topliss-reactive ketones (excluding diaryl/α,β-unsaturated/α-hetero) is 1. The summed E-state index contributed by atoms with van der Waals surface area (Å²) >= 11 is 0. The van der Waals surface area contributed by atoms with Gasteiger partial charge in [-0.1, -0.05) is 55.8 Å². The molecule has 0 aliphatic heterocycles. The average molecular weight is 535 g/mol. The number of aryl methyl sites for hydroxylation is 3. The van der Waals surface area contributed by atoms with E-state index in [2.05, 4.69) is 42.6 Å². The minimum atomic E-state index is -0.0470. The molecule has 0 spiro atoms. The molecule has 206 valence electrons. The van der Waals surface area contributed by atoms with E-state index in [1.54, 1.807) is 13.3 Å². The SMILES string of the molecule is CCCCNC(=O)c1ccc(-c2cc3c(CCc4ccccc4)c(C(=O)CC4CC4)cnc3cc2OC)cc1C. The summed E-state index contributed by atoms with van der Waals surface area (Å²) in [7, 11) is 1.66. The molecule has 0 bridgehead atoms. The number of ketones is 1. The van der Waals surface area contributed by atoms with Crippen molar-refractivity contribution in [1.82, 2.24) is 10.3 Å². The lowest BCUT2D eigenvalue weighted by Gasteiger charge is -2.17. The summed E-state index contributed by atoms with van der Waals surface area (Å²) in [6, 6.07) is 20.4. The van der Waals surface area contributed by atoms with Crippen molar-refractivity contribution in [2.75, 3.05) is 13.7 Å². The van der Waals surface area contributed by atoms with Crippen LogP contribution in [0.5, 0.6) is 5.75 Å². The van der Waals surface area contributed by atoms with Crippen molar-refractivity contribution >= 4 is 22.6 Å². The van der Waals surface area contributed by atoms with Crippen LogP contribution in [0, 0.1) is 12.8 Å². The van der Waals surface area contributed by atoms with Crippen molar-refractivity contribution in [3.63, 3.8) is 0 Å². The monoisotopic (exact) mass is 534 g/mol. The Morgan fingerprint density at radius 3 is 2.50 bits per heavy atom. The largest absolute Gasteiger partial charge is 0.496 e. The van der Waals surface area contributed by atoms with E-state index in [0.29, 0.717) is 30.2 Å². The third-order valence-electron chi connectivity index (χ3n) is 7.88. The summed E-state index contributed by atoms with van der Waals surface area (Å²) in [6.45, 7) is 4.75. The number of carbonyl (C=O) groups is 2. The Balaban J connectivity index is 1.56. The van der Waals surface area contributed by atoms with Crippen LogP contribution >= 0.6 is 0 Å². The number of amides is 1. The maximum absolute atomic E-state index is 13.4. The maximum atomic E-state index is 13.4. The number of hydrogen-bond acceptors (Lipinski definition) is 4. The van der Waals surface area contributed by atoms with Gasteiger partial charge >= 0.3 is 0 Å². The number of unbranched alkanes of at least 4 members (excludes halogenated alkanes) is 1. The molecule has 1 heterocycles. The first kappa shape index (κ1) is 27.6. The molecule has 0 saturated heterocycles. The van der Waals surface area contributed by atoms with Crippen molar-refractivity contribution in [3.8, 4) is 16.9 Å². The zero-order valence-corrected chi connectivity index (χ0v) is 23.8. The van der Waals surface area contributed by atoms with E-state index in [1.807, 2.05) is 37.3 Å². The third kappa shape index (κ3) is 6.25. The number of carbonyl (C=O) groups excluding carboxylic acids is 2. The van der Waals surface area contributed by atoms with Crippen LogP contribution < -0.4 is 10.1 Å². The van der Waals surface area contributed by atoms with Gasteiger partial charge in [-0.15, -0.1) is 0 Å². The van der Waals surface area contributed by atoms with Gasteiger partial charge in [0.15, 0.2) is 5.78 Å². The zero-order chi connectivity index (χ0) is 28.1. The Morgan fingerprint density at radius 1 is 1.00 bits per heavy atom. The number of nitrogens with zero attached hydrogens (tertiary/aromatic N) is 1. The minimum absolute atomic E-state index is 0.0470. The van der Waals surface area contributed by atoms with E-state index >= 15 is 0 Å². The topological polar surface area (TPSA) is 68.3 Å². The Morgan fingerprint density at radius 2 is 1.80 bits per heavy atom. The van der Waals surface area contributed by atoms with Crippen LogP contribution in [-0.4, -0.2) is 30.3 Å². The normalized spacial score (nSPS) is 12.9. The minimum Gasteiger partial charge on any atom is -0.496 e. The predicted molar refractivity (Wildman–Crippen MR) is 161 cm³/mol. The molecule has 1 fully saturated rings. The molecule has 40 heavy (non-hydrogen) atoms. The van der Waals surface area contributed by atoms with Gasteiger partial charge in [-0.25, -0.2) is 0 Å². The Labute approximate surface area is 237 Å². The van der Waals surface area contributed by atoms with Gasteiger partial charge in [-0.3, -0.25) is 14.6 Å². The molecule has 1 aliphatic carbocycles. The summed E-state index contributed by atoms with van der Waals surface area (Å²) < 4.78 is 5.81. The molecule has 1 amide bonds. The molecule has 0 atom stereocenters. The predicted octanol–water partition coefficient (Wildman–Crippen LogP) is 7.52. The summed E-state index contributed by atoms with van der Waals surface area (Å²) in [5.74, 6) is 1.36. The summed E-state index contributed by atoms with van der Waals surface area (Å²) in [6.07, 6.45) is 8.22. The fourth-order valence-electron chi connectivity index (χ4n) is 5.35. The number of fused-ring (bicyclic) bond motifs is 1. The molecule has 0 unspecified atom stereocenters. The van der Waals surface area contributed by atoms with E-state index in [-0.39, 0.29) is 11.7 Å². The Hall–Kier alpha value is -3.99. The van der Waals surface area contributed by atoms with E-state index < -0.39 is 0 Å². The number of hydrogen-bond donors (Lipinski definition) is 1. The molecule has 0 radical (unpaired) electrons. The summed E-state index contributed by atoms with van der Waals surface area (Å²) in [4.78, 5) is 30.8.